The Balaban J connectivity index is 1.59. The lowest BCUT2D eigenvalue weighted by Crippen LogP contribution is -2.50. The van der Waals surface area contributed by atoms with Gasteiger partial charge in [-0.15, -0.1) is 0 Å². The van der Waals surface area contributed by atoms with Crippen LogP contribution in [0.15, 0.2) is 11.6 Å². The topological polar surface area (TPSA) is 50.1 Å². The highest BCUT2D eigenvalue weighted by Crippen LogP contribution is 2.66. The van der Waals surface area contributed by atoms with Gasteiger partial charge in [-0.25, -0.2) is 0 Å². The monoisotopic (exact) mass is 341 g/mol. The van der Waals surface area contributed by atoms with Gasteiger partial charge in [-0.1, -0.05) is 25.5 Å². The highest BCUT2D eigenvalue weighted by Gasteiger charge is 2.58. The molecule has 0 heterocycles. The van der Waals surface area contributed by atoms with Crippen LogP contribution in [0, 0.1) is 45.8 Å². The van der Waals surface area contributed by atoms with Gasteiger partial charge in [-0.3, -0.25) is 4.79 Å². The van der Waals surface area contributed by atoms with Crippen LogP contribution in [-0.2, 0) is 9.53 Å². The summed E-state index contributed by atoms with van der Waals surface area (Å²) in [6, 6.07) is 2.63. The van der Waals surface area contributed by atoms with Crippen LogP contribution in [0.1, 0.15) is 72.1 Å². The minimum atomic E-state index is -0.148. The van der Waals surface area contributed by atoms with Crippen molar-refractivity contribution in [1.29, 1.82) is 5.26 Å². The van der Waals surface area contributed by atoms with Crippen molar-refractivity contribution in [3.05, 3.63) is 11.6 Å². The van der Waals surface area contributed by atoms with Crippen molar-refractivity contribution in [3.63, 3.8) is 0 Å². The predicted octanol–water partition coefficient (Wildman–Crippen LogP) is 5.02. The lowest BCUT2D eigenvalue weighted by Gasteiger charge is -2.57. The van der Waals surface area contributed by atoms with Crippen molar-refractivity contribution < 1.29 is 9.53 Å². The van der Waals surface area contributed by atoms with Gasteiger partial charge in [-0.2, -0.15) is 5.26 Å². The maximum atomic E-state index is 11.3. The van der Waals surface area contributed by atoms with Crippen LogP contribution in [0.25, 0.3) is 0 Å². The van der Waals surface area contributed by atoms with Crippen LogP contribution < -0.4 is 0 Å². The second-order valence-electron chi connectivity index (χ2n) is 9.54. The summed E-state index contributed by atoms with van der Waals surface area (Å²) in [6.45, 7) is 6.39. The molecule has 4 aliphatic rings. The third kappa shape index (κ3) is 2.47. The van der Waals surface area contributed by atoms with E-state index < -0.39 is 0 Å². The molecule has 7 atom stereocenters. The van der Waals surface area contributed by atoms with E-state index in [1.54, 1.807) is 5.57 Å². The van der Waals surface area contributed by atoms with Crippen molar-refractivity contribution in [2.75, 3.05) is 0 Å². The number of hydrogen-bond donors (Lipinski definition) is 0. The smallest absolute Gasteiger partial charge is 0.302 e. The van der Waals surface area contributed by atoms with Crippen LogP contribution in [0.5, 0.6) is 0 Å². The lowest BCUT2D eigenvalue weighted by molar-refractivity contribution is -0.148. The van der Waals surface area contributed by atoms with E-state index in [9.17, 15) is 10.1 Å². The summed E-state index contributed by atoms with van der Waals surface area (Å²) in [6.07, 6.45) is 11.6. The Hall–Kier alpha value is -1.30. The third-order valence-corrected chi connectivity index (χ3v) is 8.55. The van der Waals surface area contributed by atoms with E-state index in [0.29, 0.717) is 0 Å². The van der Waals surface area contributed by atoms with Crippen LogP contribution in [0.2, 0.25) is 0 Å². The van der Waals surface area contributed by atoms with Crippen molar-refractivity contribution in [3.8, 4) is 6.07 Å². The number of rotatable bonds is 1. The molecule has 4 aliphatic carbocycles. The summed E-state index contributed by atoms with van der Waals surface area (Å²) in [5, 5.41) is 9.60. The van der Waals surface area contributed by atoms with Crippen molar-refractivity contribution in [1.82, 2.24) is 0 Å². The molecule has 0 N–H and O–H groups in total. The molecule has 0 aromatic heterocycles. The number of allylic oxidation sites excluding steroid dienone is 1. The van der Waals surface area contributed by atoms with Gasteiger partial charge < -0.3 is 4.74 Å². The molecular weight excluding hydrogens is 310 g/mol. The maximum Gasteiger partial charge on any atom is 0.302 e. The van der Waals surface area contributed by atoms with Crippen molar-refractivity contribution in [2.24, 2.45) is 34.5 Å². The fourth-order valence-electron chi connectivity index (χ4n) is 7.18. The minimum Gasteiger partial charge on any atom is -0.462 e. The quantitative estimate of drug-likeness (QED) is 0.497. The first-order valence-corrected chi connectivity index (χ1v) is 10.1. The van der Waals surface area contributed by atoms with Crippen molar-refractivity contribution >= 4 is 5.97 Å². The van der Waals surface area contributed by atoms with Gasteiger partial charge in [0.25, 0.3) is 0 Å². The molecule has 3 heteroatoms. The van der Waals surface area contributed by atoms with E-state index in [1.165, 1.54) is 32.6 Å². The second-order valence-corrected chi connectivity index (χ2v) is 9.54. The second kappa shape index (κ2) is 5.86. The SMILES string of the molecule is CC(=O)O[C@@H]1CC[C@@]2(C)C(=CC[C@@H]3[C@H]4CC[C@@H](C#N)[C@]4(C)CC[C@H]32)C1. The number of fused-ring (bicyclic) bond motifs is 5. The van der Waals surface area contributed by atoms with Gasteiger partial charge in [0.2, 0.25) is 0 Å². The number of nitriles is 1. The summed E-state index contributed by atoms with van der Waals surface area (Å²) in [7, 11) is 0. The van der Waals surface area contributed by atoms with E-state index in [1.807, 2.05) is 0 Å². The number of esters is 1. The van der Waals surface area contributed by atoms with Gasteiger partial charge in [0.05, 0.1) is 12.0 Å². The molecule has 0 amide bonds. The summed E-state index contributed by atoms with van der Waals surface area (Å²) in [5.41, 5.74) is 2.07. The number of hydrogen-bond acceptors (Lipinski definition) is 3. The lowest BCUT2D eigenvalue weighted by atomic mass is 9.47. The summed E-state index contributed by atoms with van der Waals surface area (Å²) in [5.74, 6) is 2.33. The highest BCUT2D eigenvalue weighted by molar-refractivity contribution is 5.66. The zero-order chi connectivity index (χ0) is 17.8. The number of carbonyl (C=O) groups is 1. The van der Waals surface area contributed by atoms with Crippen LogP contribution in [-0.4, -0.2) is 12.1 Å². The molecule has 3 fully saturated rings. The molecule has 136 valence electrons. The largest absolute Gasteiger partial charge is 0.462 e. The van der Waals surface area contributed by atoms with Gasteiger partial charge in [0.15, 0.2) is 0 Å². The van der Waals surface area contributed by atoms with Crippen LogP contribution in [0.3, 0.4) is 0 Å². The Morgan fingerprint density at radius 3 is 2.72 bits per heavy atom. The first-order valence-electron chi connectivity index (χ1n) is 10.1. The first kappa shape index (κ1) is 17.1. The average Bonchev–Trinajstić information content (AvgIpc) is 2.91. The summed E-state index contributed by atoms with van der Waals surface area (Å²) < 4.78 is 5.52. The maximum absolute atomic E-state index is 11.3. The Labute approximate surface area is 151 Å². The Morgan fingerprint density at radius 1 is 1.20 bits per heavy atom. The number of ether oxygens (including phenoxy) is 1. The number of carbonyl (C=O) groups excluding carboxylic acids is 1. The molecule has 3 nitrogen and oxygen atoms in total. The molecule has 0 spiro atoms. The van der Waals surface area contributed by atoms with E-state index in [-0.39, 0.29) is 28.8 Å². The van der Waals surface area contributed by atoms with Gasteiger partial charge in [0.1, 0.15) is 6.10 Å². The molecule has 0 unspecified atom stereocenters. The molecule has 0 aromatic rings. The third-order valence-electron chi connectivity index (χ3n) is 8.55. The Kier molecular flexibility index (Phi) is 4.02. The van der Waals surface area contributed by atoms with Crippen molar-refractivity contribution in [2.45, 2.75) is 78.2 Å². The fraction of sp³-hybridized carbons (Fsp3) is 0.818. The van der Waals surface area contributed by atoms with Gasteiger partial charge in [-0.05, 0) is 73.5 Å². The molecule has 25 heavy (non-hydrogen) atoms. The molecule has 4 rings (SSSR count). The zero-order valence-electron chi connectivity index (χ0n) is 15.9. The highest BCUT2D eigenvalue weighted by atomic mass is 16.5. The summed E-state index contributed by atoms with van der Waals surface area (Å²) >= 11 is 0. The molecule has 0 saturated heterocycles. The minimum absolute atomic E-state index is 0.0803. The summed E-state index contributed by atoms with van der Waals surface area (Å²) in [4.78, 5) is 11.3. The standard InChI is InChI=1S/C22H31NO2/c1-14(24)25-17-8-10-21(2)15(12-17)4-6-18-19-7-5-16(13-23)22(19,3)11-9-20(18)21/h4,16-20H,5-12H2,1-3H3/t16-,17+,18+,19+,20+,21-,22-/m0/s1. The van der Waals surface area contributed by atoms with E-state index in [4.69, 9.17) is 4.74 Å². The molecular formula is C22H31NO2. The average molecular weight is 341 g/mol. The molecule has 0 aromatic carbocycles. The van der Waals surface area contributed by atoms with Crippen LogP contribution >= 0.6 is 0 Å². The van der Waals surface area contributed by atoms with E-state index in [0.717, 1.165) is 43.4 Å². The molecule has 0 bridgehead atoms. The fourth-order valence-corrected chi connectivity index (χ4v) is 7.18. The first-order chi connectivity index (χ1) is 11.9. The van der Waals surface area contributed by atoms with Crippen LogP contribution in [0.4, 0.5) is 0 Å². The van der Waals surface area contributed by atoms with Gasteiger partial charge in [0, 0.05) is 13.3 Å². The Bertz CT molecular complexity index is 647. The predicted molar refractivity (Wildman–Crippen MR) is 96.4 cm³/mol. The van der Waals surface area contributed by atoms with E-state index in [2.05, 4.69) is 26.0 Å². The number of nitrogens with zero attached hydrogens (tertiary/aromatic N) is 1. The van der Waals surface area contributed by atoms with Gasteiger partial charge >= 0.3 is 5.97 Å². The van der Waals surface area contributed by atoms with E-state index >= 15 is 0 Å². The normalized spacial score (nSPS) is 48.4. The zero-order valence-corrected chi connectivity index (χ0v) is 15.9. The molecule has 3 saturated carbocycles. The molecule has 0 aliphatic heterocycles. The molecule has 0 radical (unpaired) electrons. The Morgan fingerprint density at radius 2 is 2.00 bits per heavy atom.